The first-order chi connectivity index (χ1) is 7.33. The number of methoxy groups -OCH3 is 1. The van der Waals surface area contributed by atoms with Crippen LogP contribution in [0.15, 0.2) is 22.6 Å². The molecule has 1 N–H and O–H groups in total. The van der Waals surface area contributed by atoms with Crippen LogP contribution in [-0.4, -0.2) is 18.6 Å². The van der Waals surface area contributed by atoms with E-state index in [4.69, 9.17) is 9.15 Å². The smallest absolute Gasteiger partial charge is 0.295 e. The summed E-state index contributed by atoms with van der Waals surface area (Å²) in [4.78, 5) is 4.29. The SMILES string of the molecule is CCCNc1nc2ccc(OC)cc2o1. The standard InChI is InChI=1S/C11H14N2O2/c1-3-6-12-11-13-9-5-4-8(14-2)7-10(9)15-11/h4-5,7H,3,6H2,1-2H3,(H,12,13). The number of aromatic nitrogens is 1. The van der Waals surface area contributed by atoms with Gasteiger partial charge in [-0.15, -0.1) is 0 Å². The van der Waals surface area contributed by atoms with E-state index in [0.717, 1.165) is 29.8 Å². The van der Waals surface area contributed by atoms with Crippen LogP contribution in [0.5, 0.6) is 5.75 Å². The Morgan fingerprint density at radius 2 is 2.33 bits per heavy atom. The summed E-state index contributed by atoms with van der Waals surface area (Å²) in [5.74, 6) is 0.778. The number of ether oxygens (including phenoxy) is 1. The highest BCUT2D eigenvalue weighted by molar-refractivity contribution is 5.76. The second-order valence-electron chi connectivity index (χ2n) is 3.28. The van der Waals surface area contributed by atoms with E-state index in [1.807, 2.05) is 18.2 Å². The quantitative estimate of drug-likeness (QED) is 0.835. The van der Waals surface area contributed by atoms with Crippen molar-refractivity contribution in [1.82, 2.24) is 4.98 Å². The second-order valence-corrected chi connectivity index (χ2v) is 3.28. The van der Waals surface area contributed by atoms with Crippen LogP contribution in [0.25, 0.3) is 11.1 Å². The van der Waals surface area contributed by atoms with Crippen molar-refractivity contribution >= 4 is 17.1 Å². The van der Waals surface area contributed by atoms with Crippen molar-refractivity contribution in [3.05, 3.63) is 18.2 Å². The zero-order valence-corrected chi connectivity index (χ0v) is 8.91. The first kappa shape index (κ1) is 9.83. The Balaban J connectivity index is 2.29. The maximum Gasteiger partial charge on any atom is 0.295 e. The molecule has 0 spiro atoms. The molecule has 0 unspecified atom stereocenters. The number of benzene rings is 1. The van der Waals surface area contributed by atoms with Crippen molar-refractivity contribution in [2.75, 3.05) is 19.0 Å². The van der Waals surface area contributed by atoms with E-state index in [2.05, 4.69) is 17.2 Å². The number of anilines is 1. The van der Waals surface area contributed by atoms with E-state index >= 15 is 0 Å². The molecule has 0 amide bonds. The molecule has 80 valence electrons. The molecule has 1 heterocycles. The van der Waals surface area contributed by atoms with E-state index in [1.165, 1.54) is 0 Å². The molecule has 0 radical (unpaired) electrons. The van der Waals surface area contributed by atoms with Gasteiger partial charge < -0.3 is 14.5 Å². The summed E-state index contributed by atoms with van der Waals surface area (Å²) in [5.41, 5.74) is 1.59. The van der Waals surface area contributed by atoms with Crippen molar-refractivity contribution in [3.63, 3.8) is 0 Å². The largest absolute Gasteiger partial charge is 0.497 e. The van der Waals surface area contributed by atoms with Crippen LogP contribution in [-0.2, 0) is 0 Å². The summed E-state index contributed by atoms with van der Waals surface area (Å²) in [6, 6.07) is 6.16. The highest BCUT2D eigenvalue weighted by atomic mass is 16.5. The molecule has 0 aliphatic carbocycles. The Morgan fingerprint density at radius 3 is 3.07 bits per heavy atom. The lowest BCUT2D eigenvalue weighted by molar-refractivity contribution is 0.414. The molecule has 4 heteroatoms. The summed E-state index contributed by atoms with van der Waals surface area (Å²) in [5, 5.41) is 3.10. The summed E-state index contributed by atoms with van der Waals surface area (Å²) >= 11 is 0. The van der Waals surface area contributed by atoms with Crippen molar-refractivity contribution in [1.29, 1.82) is 0 Å². The minimum absolute atomic E-state index is 0.570. The zero-order chi connectivity index (χ0) is 10.7. The summed E-state index contributed by atoms with van der Waals surface area (Å²) in [7, 11) is 1.63. The number of hydrogen-bond donors (Lipinski definition) is 1. The number of nitrogens with zero attached hydrogens (tertiary/aromatic N) is 1. The number of oxazole rings is 1. The van der Waals surface area contributed by atoms with Crippen LogP contribution in [0.3, 0.4) is 0 Å². The third-order valence-corrected chi connectivity index (χ3v) is 2.12. The van der Waals surface area contributed by atoms with Gasteiger partial charge in [0.1, 0.15) is 11.3 Å². The Kier molecular flexibility index (Phi) is 2.76. The third kappa shape index (κ3) is 2.03. The molecule has 0 atom stereocenters. The Hall–Kier alpha value is -1.71. The molecule has 2 rings (SSSR count). The zero-order valence-electron chi connectivity index (χ0n) is 8.91. The van der Waals surface area contributed by atoms with Crippen LogP contribution in [0, 0.1) is 0 Å². The van der Waals surface area contributed by atoms with Gasteiger partial charge in [0, 0.05) is 12.6 Å². The van der Waals surface area contributed by atoms with Crippen molar-refractivity contribution < 1.29 is 9.15 Å². The molecule has 0 aliphatic heterocycles. The minimum atomic E-state index is 0.570. The summed E-state index contributed by atoms with van der Waals surface area (Å²) in [6.07, 6.45) is 1.04. The summed E-state index contributed by atoms with van der Waals surface area (Å²) in [6.45, 7) is 2.96. The van der Waals surface area contributed by atoms with Gasteiger partial charge in [-0.25, -0.2) is 0 Å². The Morgan fingerprint density at radius 1 is 1.47 bits per heavy atom. The Bertz CT molecular complexity index is 451. The maximum atomic E-state index is 5.51. The number of hydrogen-bond acceptors (Lipinski definition) is 4. The van der Waals surface area contributed by atoms with Gasteiger partial charge in [-0.2, -0.15) is 4.98 Å². The van der Waals surface area contributed by atoms with Crippen LogP contribution in [0.4, 0.5) is 6.01 Å². The topological polar surface area (TPSA) is 47.3 Å². The monoisotopic (exact) mass is 206 g/mol. The first-order valence-corrected chi connectivity index (χ1v) is 5.02. The fraction of sp³-hybridized carbons (Fsp3) is 0.364. The molecule has 0 bridgehead atoms. The van der Waals surface area contributed by atoms with Gasteiger partial charge in [0.15, 0.2) is 5.58 Å². The lowest BCUT2D eigenvalue weighted by atomic mass is 10.3. The predicted octanol–water partition coefficient (Wildman–Crippen LogP) is 2.66. The molecule has 0 saturated carbocycles. The minimum Gasteiger partial charge on any atom is -0.497 e. The van der Waals surface area contributed by atoms with Gasteiger partial charge in [0.05, 0.1) is 7.11 Å². The van der Waals surface area contributed by atoms with Crippen molar-refractivity contribution in [2.45, 2.75) is 13.3 Å². The number of nitrogens with one attached hydrogen (secondary N) is 1. The molecule has 0 saturated heterocycles. The van der Waals surface area contributed by atoms with Crippen LogP contribution in [0.1, 0.15) is 13.3 Å². The van der Waals surface area contributed by atoms with Gasteiger partial charge in [-0.3, -0.25) is 0 Å². The van der Waals surface area contributed by atoms with Gasteiger partial charge >= 0.3 is 0 Å². The number of fused-ring (bicyclic) bond motifs is 1. The van der Waals surface area contributed by atoms with Crippen molar-refractivity contribution in [2.24, 2.45) is 0 Å². The van der Waals surface area contributed by atoms with E-state index < -0.39 is 0 Å². The molecule has 0 aliphatic rings. The molecular weight excluding hydrogens is 192 g/mol. The highest BCUT2D eigenvalue weighted by Crippen LogP contribution is 2.23. The van der Waals surface area contributed by atoms with Crippen LogP contribution >= 0.6 is 0 Å². The second kappa shape index (κ2) is 4.21. The van der Waals surface area contributed by atoms with Crippen molar-refractivity contribution in [3.8, 4) is 5.75 Å². The van der Waals surface area contributed by atoms with E-state index in [1.54, 1.807) is 7.11 Å². The normalized spacial score (nSPS) is 10.5. The van der Waals surface area contributed by atoms with E-state index in [9.17, 15) is 0 Å². The average molecular weight is 206 g/mol. The van der Waals surface area contributed by atoms with E-state index in [-0.39, 0.29) is 0 Å². The molecule has 15 heavy (non-hydrogen) atoms. The third-order valence-electron chi connectivity index (χ3n) is 2.12. The Labute approximate surface area is 88.3 Å². The van der Waals surface area contributed by atoms with Gasteiger partial charge in [-0.05, 0) is 18.6 Å². The molecule has 0 fully saturated rings. The average Bonchev–Trinajstić information content (AvgIpc) is 2.67. The lowest BCUT2D eigenvalue weighted by Gasteiger charge is -1.96. The van der Waals surface area contributed by atoms with E-state index in [0.29, 0.717) is 6.01 Å². The van der Waals surface area contributed by atoms with Gasteiger partial charge in [0.25, 0.3) is 6.01 Å². The molecular formula is C11H14N2O2. The van der Waals surface area contributed by atoms with Gasteiger partial charge in [-0.1, -0.05) is 6.92 Å². The number of rotatable bonds is 4. The molecule has 1 aromatic heterocycles. The fourth-order valence-corrected chi connectivity index (χ4v) is 1.34. The molecule has 1 aromatic carbocycles. The fourth-order valence-electron chi connectivity index (χ4n) is 1.34. The van der Waals surface area contributed by atoms with Crippen LogP contribution in [0.2, 0.25) is 0 Å². The first-order valence-electron chi connectivity index (χ1n) is 5.02. The lowest BCUT2D eigenvalue weighted by Crippen LogP contribution is -1.98. The highest BCUT2D eigenvalue weighted by Gasteiger charge is 2.05. The molecule has 2 aromatic rings. The maximum absolute atomic E-state index is 5.51. The van der Waals surface area contributed by atoms with Crippen LogP contribution < -0.4 is 10.1 Å². The summed E-state index contributed by atoms with van der Waals surface area (Å²) < 4.78 is 10.6. The molecule has 4 nitrogen and oxygen atoms in total. The predicted molar refractivity (Wildman–Crippen MR) is 59.3 cm³/mol. The van der Waals surface area contributed by atoms with Gasteiger partial charge in [0.2, 0.25) is 0 Å².